The van der Waals surface area contributed by atoms with Crippen LogP contribution in [0, 0.1) is 11.3 Å². The smallest absolute Gasteiger partial charge is 0.119 e. The Morgan fingerprint density at radius 1 is 1.19 bits per heavy atom. The molecule has 118 valence electrons. The molecule has 0 saturated heterocycles. The van der Waals surface area contributed by atoms with E-state index in [2.05, 4.69) is 50.4 Å². The van der Waals surface area contributed by atoms with Crippen LogP contribution in [0.1, 0.15) is 58.4 Å². The van der Waals surface area contributed by atoms with E-state index in [-0.39, 0.29) is 0 Å². The van der Waals surface area contributed by atoms with Gasteiger partial charge in [0.05, 0.1) is 6.61 Å². The quantitative estimate of drug-likeness (QED) is 0.826. The summed E-state index contributed by atoms with van der Waals surface area (Å²) in [4.78, 5) is 0. The number of ether oxygens (including phenoxy) is 1. The van der Waals surface area contributed by atoms with Gasteiger partial charge >= 0.3 is 0 Å². The number of nitrogens with one attached hydrogen (secondary N) is 1. The van der Waals surface area contributed by atoms with Crippen LogP contribution in [0.15, 0.2) is 24.3 Å². The van der Waals surface area contributed by atoms with E-state index in [1.165, 1.54) is 24.8 Å². The molecule has 0 spiro atoms. The van der Waals surface area contributed by atoms with Gasteiger partial charge in [0.1, 0.15) is 5.75 Å². The summed E-state index contributed by atoms with van der Waals surface area (Å²) in [6, 6.07) is 8.81. The van der Waals surface area contributed by atoms with Gasteiger partial charge in [-0.2, -0.15) is 0 Å². The Hall–Kier alpha value is -1.02. The number of rotatable bonds is 6. The second-order valence-corrected chi connectivity index (χ2v) is 7.08. The predicted molar refractivity (Wildman–Crippen MR) is 90.0 cm³/mol. The Balaban J connectivity index is 2.14. The lowest BCUT2D eigenvalue weighted by atomic mass is 9.65. The van der Waals surface area contributed by atoms with Crippen LogP contribution in [0.2, 0.25) is 0 Å². The van der Waals surface area contributed by atoms with Crippen LogP contribution in [-0.2, 0) is 0 Å². The summed E-state index contributed by atoms with van der Waals surface area (Å²) in [6.07, 6.45) is 3.96. The minimum atomic E-state index is 0.464. The lowest BCUT2D eigenvalue weighted by molar-refractivity contribution is 0.160. The van der Waals surface area contributed by atoms with Crippen LogP contribution in [0.5, 0.6) is 5.75 Å². The molecular formula is C19H31NO. The monoisotopic (exact) mass is 289 g/mol. The number of hydrogen-bond acceptors (Lipinski definition) is 2. The van der Waals surface area contributed by atoms with Gasteiger partial charge in [-0.05, 0) is 74.2 Å². The molecule has 2 atom stereocenters. The summed E-state index contributed by atoms with van der Waals surface area (Å²) < 4.78 is 5.57. The summed E-state index contributed by atoms with van der Waals surface area (Å²) >= 11 is 0. The van der Waals surface area contributed by atoms with E-state index in [1.54, 1.807) is 0 Å². The van der Waals surface area contributed by atoms with Crippen molar-refractivity contribution in [2.24, 2.45) is 11.3 Å². The maximum absolute atomic E-state index is 5.57. The fourth-order valence-electron chi connectivity index (χ4n) is 3.58. The van der Waals surface area contributed by atoms with Gasteiger partial charge in [-0.3, -0.25) is 0 Å². The van der Waals surface area contributed by atoms with E-state index in [1.807, 2.05) is 6.92 Å². The van der Waals surface area contributed by atoms with Gasteiger partial charge in [-0.1, -0.05) is 32.9 Å². The first-order chi connectivity index (χ1) is 10.1. The fraction of sp³-hybridized carbons (Fsp3) is 0.684. The molecule has 2 rings (SSSR count). The van der Waals surface area contributed by atoms with Crippen LogP contribution < -0.4 is 10.1 Å². The van der Waals surface area contributed by atoms with Crippen LogP contribution in [-0.4, -0.2) is 19.7 Å². The second-order valence-electron chi connectivity index (χ2n) is 7.08. The molecule has 1 N–H and O–H groups in total. The molecule has 2 unspecified atom stereocenters. The molecule has 0 radical (unpaired) electrons. The SMILES string of the molecule is CCNCC1CCC(C)(C)CC1c1ccc(OCC)cc1. The van der Waals surface area contributed by atoms with Gasteiger partial charge in [0.25, 0.3) is 0 Å². The highest BCUT2D eigenvalue weighted by Crippen LogP contribution is 2.46. The molecular weight excluding hydrogens is 258 g/mol. The van der Waals surface area contributed by atoms with Crippen molar-refractivity contribution in [1.29, 1.82) is 0 Å². The van der Waals surface area contributed by atoms with Crippen molar-refractivity contribution < 1.29 is 4.74 Å². The average molecular weight is 289 g/mol. The summed E-state index contributed by atoms with van der Waals surface area (Å²) in [6.45, 7) is 12.0. The molecule has 2 nitrogen and oxygen atoms in total. The molecule has 21 heavy (non-hydrogen) atoms. The highest BCUT2D eigenvalue weighted by Gasteiger charge is 2.35. The summed E-state index contributed by atoms with van der Waals surface area (Å²) in [5.74, 6) is 2.42. The minimum absolute atomic E-state index is 0.464. The minimum Gasteiger partial charge on any atom is -0.494 e. The maximum atomic E-state index is 5.57. The Labute approximate surface area is 130 Å². The van der Waals surface area contributed by atoms with Crippen LogP contribution in [0.25, 0.3) is 0 Å². The lowest BCUT2D eigenvalue weighted by Gasteiger charge is -2.41. The lowest BCUT2D eigenvalue weighted by Crippen LogP contribution is -2.34. The zero-order valence-corrected chi connectivity index (χ0v) is 14.1. The Morgan fingerprint density at radius 2 is 1.90 bits per heavy atom. The maximum Gasteiger partial charge on any atom is 0.119 e. The van der Waals surface area contributed by atoms with Crippen LogP contribution >= 0.6 is 0 Å². The predicted octanol–water partition coefficient (Wildman–Crippen LogP) is 4.60. The molecule has 0 aromatic heterocycles. The molecule has 1 aliphatic carbocycles. The summed E-state index contributed by atoms with van der Waals surface area (Å²) in [5, 5.41) is 3.55. The van der Waals surface area contributed by atoms with Crippen molar-refractivity contribution in [3.8, 4) is 5.75 Å². The molecule has 1 aromatic carbocycles. The largest absolute Gasteiger partial charge is 0.494 e. The highest BCUT2D eigenvalue weighted by molar-refractivity contribution is 5.30. The first-order valence-corrected chi connectivity index (χ1v) is 8.49. The van der Waals surface area contributed by atoms with Gasteiger partial charge in [-0.15, -0.1) is 0 Å². The van der Waals surface area contributed by atoms with Gasteiger partial charge in [0.2, 0.25) is 0 Å². The van der Waals surface area contributed by atoms with Crippen molar-refractivity contribution in [2.75, 3.05) is 19.7 Å². The zero-order valence-electron chi connectivity index (χ0n) is 14.1. The van der Waals surface area contributed by atoms with Crippen molar-refractivity contribution >= 4 is 0 Å². The zero-order chi connectivity index (χ0) is 15.3. The molecule has 1 aliphatic rings. The number of benzene rings is 1. The van der Waals surface area contributed by atoms with Crippen LogP contribution in [0.3, 0.4) is 0 Å². The van der Waals surface area contributed by atoms with Gasteiger partial charge in [-0.25, -0.2) is 0 Å². The molecule has 1 aromatic rings. The third-order valence-corrected chi connectivity index (χ3v) is 4.81. The topological polar surface area (TPSA) is 21.3 Å². The normalized spacial score (nSPS) is 24.8. The molecule has 0 aliphatic heterocycles. The third kappa shape index (κ3) is 4.47. The Bertz CT molecular complexity index is 424. The van der Waals surface area contributed by atoms with E-state index in [0.29, 0.717) is 11.3 Å². The van der Waals surface area contributed by atoms with Crippen molar-refractivity contribution in [1.82, 2.24) is 5.32 Å². The van der Waals surface area contributed by atoms with E-state index < -0.39 is 0 Å². The third-order valence-electron chi connectivity index (χ3n) is 4.81. The van der Waals surface area contributed by atoms with Gasteiger partial charge in [0.15, 0.2) is 0 Å². The average Bonchev–Trinajstić information content (AvgIpc) is 2.46. The second kappa shape index (κ2) is 7.31. The van der Waals surface area contributed by atoms with Crippen molar-refractivity contribution in [3.63, 3.8) is 0 Å². The van der Waals surface area contributed by atoms with Gasteiger partial charge < -0.3 is 10.1 Å². The van der Waals surface area contributed by atoms with Crippen molar-refractivity contribution in [3.05, 3.63) is 29.8 Å². The van der Waals surface area contributed by atoms with E-state index in [9.17, 15) is 0 Å². The van der Waals surface area contributed by atoms with E-state index in [4.69, 9.17) is 4.74 Å². The van der Waals surface area contributed by atoms with Gasteiger partial charge in [0, 0.05) is 0 Å². The van der Waals surface area contributed by atoms with E-state index >= 15 is 0 Å². The Kier molecular flexibility index (Phi) is 5.69. The molecule has 1 fully saturated rings. The number of hydrogen-bond donors (Lipinski definition) is 1. The summed E-state index contributed by atoms with van der Waals surface area (Å²) in [7, 11) is 0. The van der Waals surface area contributed by atoms with E-state index in [0.717, 1.165) is 31.4 Å². The van der Waals surface area contributed by atoms with Crippen molar-refractivity contribution in [2.45, 2.75) is 52.9 Å². The first kappa shape index (κ1) is 16.4. The fourth-order valence-corrected chi connectivity index (χ4v) is 3.58. The molecule has 0 amide bonds. The molecule has 1 saturated carbocycles. The molecule has 2 heteroatoms. The Morgan fingerprint density at radius 3 is 2.52 bits per heavy atom. The molecule has 0 bridgehead atoms. The van der Waals surface area contributed by atoms with Crippen LogP contribution in [0.4, 0.5) is 0 Å². The molecule has 0 heterocycles. The summed E-state index contributed by atoms with van der Waals surface area (Å²) in [5.41, 5.74) is 1.94. The standard InChI is InChI=1S/C19H31NO/c1-5-20-14-16-11-12-19(3,4)13-18(16)15-7-9-17(10-8-15)21-6-2/h7-10,16,18,20H,5-6,11-14H2,1-4H3. The highest BCUT2D eigenvalue weighted by atomic mass is 16.5. The first-order valence-electron chi connectivity index (χ1n) is 8.49.